The van der Waals surface area contributed by atoms with Crippen LogP contribution >= 0.6 is 0 Å². The van der Waals surface area contributed by atoms with Crippen molar-refractivity contribution in [3.63, 3.8) is 0 Å². The van der Waals surface area contributed by atoms with Crippen molar-refractivity contribution in [3.05, 3.63) is 72.3 Å². The number of fused-ring (bicyclic) bond motifs is 1. The molecule has 2 aliphatic rings. The van der Waals surface area contributed by atoms with Gasteiger partial charge in [0.25, 0.3) is 15.9 Å². The normalized spacial score (nSPS) is 17.4. The Balaban J connectivity index is 1.20. The number of aryl methyl sites for hydroxylation is 1. The molecular weight excluding hydrogens is 594 g/mol. The van der Waals surface area contributed by atoms with Gasteiger partial charge < -0.3 is 19.5 Å². The zero-order valence-corrected chi connectivity index (χ0v) is 25.7. The first-order chi connectivity index (χ1) is 20.6. The van der Waals surface area contributed by atoms with Gasteiger partial charge >= 0.3 is 0 Å². The molecule has 3 aromatic rings. The van der Waals surface area contributed by atoms with Crippen LogP contribution in [0.2, 0.25) is 0 Å². The van der Waals surface area contributed by atoms with Crippen LogP contribution in [-0.4, -0.2) is 73.0 Å². The van der Waals surface area contributed by atoms with Gasteiger partial charge in [-0.25, -0.2) is 16.8 Å². The van der Waals surface area contributed by atoms with Gasteiger partial charge in [-0.1, -0.05) is 12.5 Å². The second kappa shape index (κ2) is 12.8. The molecule has 1 amide bonds. The van der Waals surface area contributed by atoms with Crippen molar-refractivity contribution in [1.29, 1.82) is 0 Å². The van der Waals surface area contributed by atoms with Gasteiger partial charge in [0.05, 0.1) is 35.7 Å². The van der Waals surface area contributed by atoms with Gasteiger partial charge in [0.15, 0.2) is 6.10 Å². The van der Waals surface area contributed by atoms with Crippen molar-refractivity contribution in [1.82, 2.24) is 9.62 Å². The molecule has 230 valence electrons. The third-order valence-electron chi connectivity index (χ3n) is 7.37. The van der Waals surface area contributed by atoms with Gasteiger partial charge in [-0.3, -0.25) is 9.10 Å². The van der Waals surface area contributed by atoms with Crippen LogP contribution < -0.4 is 23.8 Å². The Morgan fingerprint density at radius 2 is 1.51 bits per heavy atom. The molecule has 1 N–H and O–H groups in total. The van der Waals surface area contributed by atoms with Gasteiger partial charge in [-0.05, 0) is 86.0 Å². The number of nitrogens with one attached hydrogen (secondary N) is 1. The number of nitrogens with zero attached hydrogens (tertiary/aromatic N) is 2. The van der Waals surface area contributed by atoms with Crippen LogP contribution in [0, 0.1) is 6.92 Å². The Bertz CT molecular complexity index is 1650. The van der Waals surface area contributed by atoms with Gasteiger partial charge in [-0.15, -0.1) is 0 Å². The summed E-state index contributed by atoms with van der Waals surface area (Å²) in [5.74, 6) is 0.773. The molecule has 0 unspecified atom stereocenters. The standard InChI is InChI=1S/C30H35N3O8S2/c1-22-6-15-28-27(20-22)33(43(37,38)26-11-7-23(39-2)8-12-26)21-29(41-28)30(34)31-16-19-40-24-9-13-25(14-10-24)42(35,36)32-17-4-3-5-18-32/h6-15,20,29H,3-5,16-19,21H2,1-2H3,(H,31,34)/t29-/m1/s1. The summed E-state index contributed by atoms with van der Waals surface area (Å²) in [6.45, 7) is 2.92. The van der Waals surface area contributed by atoms with Crippen molar-refractivity contribution in [2.75, 3.05) is 44.2 Å². The average Bonchev–Trinajstić information content (AvgIpc) is 3.03. The van der Waals surface area contributed by atoms with Crippen molar-refractivity contribution >= 4 is 31.6 Å². The second-order valence-electron chi connectivity index (χ2n) is 10.4. The number of ether oxygens (including phenoxy) is 3. The van der Waals surface area contributed by atoms with Crippen molar-refractivity contribution < 1.29 is 35.8 Å². The zero-order chi connectivity index (χ0) is 30.6. The maximum absolute atomic E-state index is 13.7. The van der Waals surface area contributed by atoms with E-state index >= 15 is 0 Å². The predicted molar refractivity (Wildman–Crippen MR) is 161 cm³/mol. The number of carbonyl (C=O) groups excluding carboxylic acids is 1. The number of sulfonamides is 2. The number of benzene rings is 3. The van der Waals surface area contributed by atoms with Crippen LogP contribution in [-0.2, 0) is 24.8 Å². The summed E-state index contributed by atoms with van der Waals surface area (Å²) >= 11 is 0. The van der Waals surface area contributed by atoms with Crippen LogP contribution in [0.5, 0.6) is 17.2 Å². The van der Waals surface area contributed by atoms with Gasteiger partial charge in [-0.2, -0.15) is 4.31 Å². The number of carbonyl (C=O) groups is 1. The lowest BCUT2D eigenvalue weighted by Crippen LogP contribution is -2.51. The Labute approximate surface area is 252 Å². The SMILES string of the molecule is COc1ccc(S(=O)(=O)N2C[C@H](C(=O)NCCOc3ccc(S(=O)(=O)N4CCCCC4)cc3)Oc3ccc(C)cc32)cc1. The summed E-state index contributed by atoms with van der Waals surface area (Å²) in [6.07, 6.45) is 1.67. The molecule has 5 rings (SSSR count). The van der Waals surface area contributed by atoms with E-state index in [4.69, 9.17) is 14.2 Å². The summed E-state index contributed by atoms with van der Waals surface area (Å²) < 4.78 is 72.5. The highest BCUT2D eigenvalue weighted by Gasteiger charge is 2.37. The fourth-order valence-corrected chi connectivity index (χ4v) is 8.00. The van der Waals surface area contributed by atoms with E-state index in [9.17, 15) is 21.6 Å². The second-order valence-corrected chi connectivity index (χ2v) is 14.2. The molecule has 1 atom stereocenters. The molecular formula is C30H35N3O8S2. The van der Waals surface area contributed by atoms with E-state index in [0.717, 1.165) is 24.8 Å². The number of methoxy groups -OCH3 is 1. The van der Waals surface area contributed by atoms with E-state index in [0.29, 0.717) is 30.3 Å². The summed E-state index contributed by atoms with van der Waals surface area (Å²) in [5.41, 5.74) is 1.20. The fourth-order valence-electron chi connectivity index (χ4n) is 5.02. The molecule has 1 saturated heterocycles. The Kier molecular flexibility index (Phi) is 9.13. The fraction of sp³-hybridized carbons (Fsp3) is 0.367. The zero-order valence-electron chi connectivity index (χ0n) is 24.1. The largest absolute Gasteiger partial charge is 0.497 e. The van der Waals surface area contributed by atoms with E-state index in [2.05, 4.69) is 5.32 Å². The van der Waals surface area contributed by atoms with Crippen molar-refractivity contribution in [2.24, 2.45) is 0 Å². The van der Waals surface area contributed by atoms with Crippen LogP contribution in [0.1, 0.15) is 24.8 Å². The Morgan fingerprint density at radius 1 is 0.884 bits per heavy atom. The minimum Gasteiger partial charge on any atom is -0.497 e. The first-order valence-corrected chi connectivity index (χ1v) is 16.9. The summed E-state index contributed by atoms with van der Waals surface area (Å²) in [6, 6.07) is 17.4. The van der Waals surface area contributed by atoms with E-state index in [1.54, 1.807) is 42.5 Å². The Hall–Kier alpha value is -3.81. The van der Waals surface area contributed by atoms with Gasteiger partial charge in [0.1, 0.15) is 23.9 Å². The summed E-state index contributed by atoms with van der Waals surface area (Å²) in [7, 11) is -6.05. The smallest absolute Gasteiger partial charge is 0.264 e. The van der Waals surface area contributed by atoms with Crippen LogP contribution in [0.3, 0.4) is 0 Å². The van der Waals surface area contributed by atoms with Gasteiger partial charge in [0.2, 0.25) is 10.0 Å². The molecule has 0 bridgehead atoms. The monoisotopic (exact) mass is 629 g/mol. The lowest BCUT2D eigenvalue weighted by molar-refractivity contribution is -0.127. The molecule has 0 spiro atoms. The molecule has 1 fully saturated rings. The van der Waals surface area contributed by atoms with Crippen LogP contribution in [0.15, 0.2) is 76.5 Å². The molecule has 3 aromatic carbocycles. The maximum Gasteiger partial charge on any atom is 0.264 e. The van der Waals surface area contributed by atoms with Crippen LogP contribution in [0.25, 0.3) is 0 Å². The third kappa shape index (κ3) is 6.73. The summed E-state index contributed by atoms with van der Waals surface area (Å²) in [5, 5.41) is 2.74. The molecule has 0 aliphatic carbocycles. The highest BCUT2D eigenvalue weighted by molar-refractivity contribution is 7.92. The number of hydrogen-bond donors (Lipinski definition) is 1. The highest BCUT2D eigenvalue weighted by atomic mass is 32.2. The molecule has 0 radical (unpaired) electrons. The van der Waals surface area contributed by atoms with Crippen molar-refractivity contribution in [2.45, 2.75) is 42.1 Å². The summed E-state index contributed by atoms with van der Waals surface area (Å²) in [4.78, 5) is 13.4. The molecule has 0 saturated carbocycles. The van der Waals surface area contributed by atoms with E-state index in [1.807, 2.05) is 6.92 Å². The maximum atomic E-state index is 13.7. The van der Waals surface area contributed by atoms with Crippen LogP contribution in [0.4, 0.5) is 5.69 Å². The molecule has 13 heteroatoms. The van der Waals surface area contributed by atoms with Gasteiger partial charge in [0, 0.05) is 13.1 Å². The average molecular weight is 630 g/mol. The molecule has 2 aliphatic heterocycles. The quantitative estimate of drug-likeness (QED) is 0.338. The van der Waals surface area contributed by atoms with E-state index in [-0.39, 0.29) is 35.2 Å². The number of hydrogen-bond acceptors (Lipinski definition) is 8. The topological polar surface area (TPSA) is 132 Å². The number of piperidine rings is 1. The molecule has 0 aromatic heterocycles. The molecule has 11 nitrogen and oxygen atoms in total. The minimum atomic E-state index is -4.02. The minimum absolute atomic E-state index is 0.0601. The number of anilines is 1. The lowest BCUT2D eigenvalue weighted by atomic mass is 10.1. The van der Waals surface area contributed by atoms with E-state index in [1.165, 1.54) is 40.0 Å². The molecule has 43 heavy (non-hydrogen) atoms. The number of amides is 1. The predicted octanol–water partition coefficient (Wildman–Crippen LogP) is 3.33. The third-order valence-corrected chi connectivity index (χ3v) is 11.1. The lowest BCUT2D eigenvalue weighted by Gasteiger charge is -2.35. The van der Waals surface area contributed by atoms with Crippen molar-refractivity contribution in [3.8, 4) is 17.2 Å². The van der Waals surface area contributed by atoms with E-state index < -0.39 is 32.1 Å². The first-order valence-electron chi connectivity index (χ1n) is 14.0. The molecule has 2 heterocycles. The number of rotatable bonds is 10. The first kappa shape index (κ1) is 30.6. The highest BCUT2D eigenvalue weighted by Crippen LogP contribution is 2.38. The Morgan fingerprint density at radius 3 is 2.16 bits per heavy atom.